The highest BCUT2D eigenvalue weighted by Crippen LogP contribution is 2.36. The Morgan fingerprint density at radius 3 is 2.00 bits per heavy atom. The molecule has 1 aromatic heterocycles. The average Bonchev–Trinajstić information content (AvgIpc) is 3.00. The molecule has 46 heavy (non-hydrogen) atoms. The summed E-state index contributed by atoms with van der Waals surface area (Å²) in [5.74, 6) is 0.322. The molecular formula is C34H50F3N2O6P. The number of hydrogen-bond donors (Lipinski definition) is 3. The van der Waals surface area contributed by atoms with Crippen molar-refractivity contribution < 1.29 is 41.8 Å². The number of carbonyl (C=O) groups excluding carboxylic acids is 1. The maximum atomic E-state index is 12.6. The Labute approximate surface area is 271 Å². The minimum absolute atomic E-state index is 0.00118. The molecule has 12 heteroatoms. The molecule has 0 atom stereocenters. The van der Waals surface area contributed by atoms with Gasteiger partial charge in [0, 0.05) is 24.4 Å². The zero-order valence-corrected chi connectivity index (χ0v) is 27.8. The highest BCUT2D eigenvalue weighted by Gasteiger charge is 2.28. The van der Waals surface area contributed by atoms with Crippen LogP contribution in [0.25, 0.3) is 6.08 Å². The van der Waals surface area contributed by atoms with Gasteiger partial charge in [0.25, 0.3) is 0 Å². The van der Waals surface area contributed by atoms with Crippen LogP contribution in [0.2, 0.25) is 0 Å². The topological polar surface area (TPSA) is 118 Å². The maximum Gasteiger partial charge on any atom is 0.422 e. The van der Waals surface area contributed by atoms with Gasteiger partial charge < -0.3 is 24.6 Å². The van der Waals surface area contributed by atoms with E-state index < -0.39 is 26.5 Å². The number of amides is 1. The molecule has 258 valence electrons. The third kappa shape index (κ3) is 20.3. The van der Waals surface area contributed by atoms with Crippen molar-refractivity contribution in [2.45, 2.75) is 116 Å². The molecule has 0 radical (unpaired) electrons. The lowest BCUT2D eigenvalue weighted by atomic mass is 10.0. The average molecular weight is 671 g/mol. The van der Waals surface area contributed by atoms with Crippen LogP contribution in [0.15, 0.2) is 48.3 Å². The van der Waals surface area contributed by atoms with Crippen LogP contribution in [0.3, 0.4) is 0 Å². The molecule has 0 bridgehead atoms. The molecule has 2 rings (SSSR count). The highest BCUT2D eigenvalue weighted by molar-refractivity contribution is 7.51. The van der Waals surface area contributed by atoms with E-state index in [-0.39, 0.29) is 24.7 Å². The fourth-order valence-electron chi connectivity index (χ4n) is 4.79. The summed E-state index contributed by atoms with van der Waals surface area (Å²) in [5, 5.41) is 2.82. The Bertz CT molecular complexity index is 1220. The number of carbonyl (C=O) groups is 1. The van der Waals surface area contributed by atoms with Crippen LogP contribution in [-0.2, 0) is 16.0 Å². The number of unbranched alkanes of at least 4 members (excludes halogenated alkanes) is 12. The Hall–Kier alpha value is -2.88. The minimum atomic E-state index is -4.44. The van der Waals surface area contributed by atoms with Gasteiger partial charge in [0.05, 0.1) is 11.9 Å². The molecule has 0 spiro atoms. The van der Waals surface area contributed by atoms with Crippen molar-refractivity contribution in [2.24, 2.45) is 0 Å². The largest absolute Gasteiger partial charge is 0.487 e. The van der Waals surface area contributed by atoms with E-state index in [2.05, 4.69) is 17.2 Å². The van der Waals surface area contributed by atoms with E-state index in [0.717, 1.165) is 19.3 Å². The van der Waals surface area contributed by atoms with Crippen LogP contribution >= 0.6 is 7.60 Å². The van der Waals surface area contributed by atoms with E-state index in [4.69, 9.17) is 9.47 Å². The molecule has 0 unspecified atom stereocenters. The van der Waals surface area contributed by atoms with Gasteiger partial charge in [-0.1, -0.05) is 96.1 Å². The van der Waals surface area contributed by atoms with E-state index in [1.54, 1.807) is 30.3 Å². The van der Waals surface area contributed by atoms with Crippen LogP contribution in [0.4, 0.5) is 13.2 Å². The smallest absolute Gasteiger partial charge is 0.422 e. The van der Waals surface area contributed by atoms with E-state index in [1.807, 2.05) is 0 Å². The van der Waals surface area contributed by atoms with Gasteiger partial charge >= 0.3 is 13.8 Å². The van der Waals surface area contributed by atoms with Gasteiger partial charge in [-0.2, -0.15) is 13.2 Å². The third-order valence-electron chi connectivity index (χ3n) is 7.28. The second kappa shape index (κ2) is 21.8. The summed E-state index contributed by atoms with van der Waals surface area (Å²) in [5.41, 5.74) is 1.49. The molecule has 0 saturated carbocycles. The monoisotopic (exact) mass is 670 g/mol. The van der Waals surface area contributed by atoms with Gasteiger partial charge in [-0.25, -0.2) is 0 Å². The number of nitrogens with zero attached hydrogens (tertiary/aromatic N) is 1. The number of pyridine rings is 1. The number of rotatable bonds is 24. The highest BCUT2D eigenvalue weighted by atomic mass is 31.2. The number of allylic oxidation sites excluding steroid dienone is 1. The van der Waals surface area contributed by atoms with E-state index in [0.29, 0.717) is 29.1 Å². The third-order valence-corrected chi connectivity index (χ3v) is 8.08. The number of halogens is 3. The first-order chi connectivity index (χ1) is 21.9. The molecular weight excluding hydrogens is 620 g/mol. The molecule has 2 aromatic rings. The zero-order valence-electron chi connectivity index (χ0n) is 26.9. The molecule has 1 amide bonds. The van der Waals surface area contributed by atoms with Crippen molar-refractivity contribution in [3.05, 3.63) is 59.5 Å². The molecule has 3 N–H and O–H groups in total. The van der Waals surface area contributed by atoms with Gasteiger partial charge in [0.2, 0.25) is 5.91 Å². The minimum Gasteiger partial charge on any atom is -0.487 e. The Kier molecular flexibility index (Phi) is 18.6. The van der Waals surface area contributed by atoms with Gasteiger partial charge in [-0.15, -0.1) is 0 Å². The standard InChI is InChI=1S/C34H50F3N2O6P/c1-2-3-4-5-6-7-8-9-10-11-12-13-14-15-33(40)39-29(21-23-46(41,42)43)24-28-16-18-31(19-17-28)44-26-30-25-32(20-22-38-30)45-27-34(35,36)37/h16-20,22,24-25H,2-15,21,23,26-27H2,1H3,(H,39,40)(H2,41,42,43)/b29-24+. The first-order valence-electron chi connectivity index (χ1n) is 16.4. The summed E-state index contributed by atoms with van der Waals surface area (Å²) < 4.78 is 59.1. The van der Waals surface area contributed by atoms with Crippen molar-refractivity contribution in [1.29, 1.82) is 0 Å². The molecule has 0 aliphatic rings. The number of benzene rings is 1. The van der Waals surface area contributed by atoms with Crippen LogP contribution in [0.1, 0.15) is 114 Å². The summed E-state index contributed by atoms with van der Waals surface area (Å²) in [4.78, 5) is 35.4. The van der Waals surface area contributed by atoms with E-state index in [1.165, 1.54) is 82.5 Å². The van der Waals surface area contributed by atoms with Gasteiger partial charge in [-0.3, -0.25) is 14.3 Å². The summed E-state index contributed by atoms with van der Waals surface area (Å²) in [6, 6.07) is 9.50. The number of alkyl halides is 3. The lowest BCUT2D eigenvalue weighted by Crippen LogP contribution is -2.23. The lowest BCUT2D eigenvalue weighted by molar-refractivity contribution is -0.153. The van der Waals surface area contributed by atoms with Crippen LogP contribution in [0.5, 0.6) is 11.5 Å². The molecule has 1 heterocycles. The molecule has 0 fully saturated rings. The SMILES string of the molecule is CCCCCCCCCCCCCCCC(=O)N/C(=C/c1ccc(OCc2cc(OCC(F)(F)F)ccn2)cc1)CCP(=O)(O)O. The first-order valence-corrected chi connectivity index (χ1v) is 18.2. The van der Waals surface area contributed by atoms with Gasteiger partial charge in [0.15, 0.2) is 6.61 Å². The van der Waals surface area contributed by atoms with Crippen LogP contribution in [-0.4, -0.2) is 39.6 Å². The van der Waals surface area contributed by atoms with Crippen molar-refractivity contribution in [3.63, 3.8) is 0 Å². The number of hydrogen-bond acceptors (Lipinski definition) is 5. The Morgan fingerprint density at radius 1 is 0.848 bits per heavy atom. The van der Waals surface area contributed by atoms with Crippen LogP contribution in [0, 0.1) is 0 Å². The normalized spacial score (nSPS) is 12.3. The second-order valence-electron chi connectivity index (χ2n) is 11.6. The number of nitrogens with one attached hydrogen (secondary N) is 1. The molecule has 1 aromatic carbocycles. The summed E-state index contributed by atoms with van der Waals surface area (Å²) >= 11 is 0. The maximum absolute atomic E-state index is 12.6. The number of ether oxygens (including phenoxy) is 2. The van der Waals surface area contributed by atoms with Crippen molar-refractivity contribution in [2.75, 3.05) is 12.8 Å². The Morgan fingerprint density at radius 2 is 1.43 bits per heavy atom. The fraction of sp³-hybridized carbons (Fsp3) is 0.588. The predicted molar refractivity (Wildman–Crippen MR) is 175 cm³/mol. The molecule has 0 aliphatic heterocycles. The first kappa shape index (κ1) is 39.3. The number of aromatic nitrogens is 1. The molecule has 0 aliphatic carbocycles. The van der Waals surface area contributed by atoms with Crippen molar-refractivity contribution >= 4 is 19.6 Å². The van der Waals surface area contributed by atoms with Gasteiger partial charge in [0.1, 0.15) is 18.1 Å². The fourth-order valence-corrected chi connectivity index (χ4v) is 5.32. The lowest BCUT2D eigenvalue weighted by Gasteiger charge is -2.12. The molecule has 8 nitrogen and oxygen atoms in total. The summed E-state index contributed by atoms with van der Waals surface area (Å²) in [7, 11) is -4.26. The van der Waals surface area contributed by atoms with Crippen LogP contribution < -0.4 is 14.8 Å². The second-order valence-corrected chi connectivity index (χ2v) is 13.4. The van der Waals surface area contributed by atoms with E-state index >= 15 is 0 Å². The zero-order chi connectivity index (χ0) is 33.7. The summed E-state index contributed by atoms with van der Waals surface area (Å²) in [6.45, 7) is 0.834. The van der Waals surface area contributed by atoms with Gasteiger partial charge in [-0.05, 0) is 42.7 Å². The Balaban J connectivity index is 1.78. The van der Waals surface area contributed by atoms with E-state index in [9.17, 15) is 32.3 Å². The van der Waals surface area contributed by atoms with Crippen molar-refractivity contribution in [3.8, 4) is 11.5 Å². The molecule has 0 saturated heterocycles. The van der Waals surface area contributed by atoms with Crippen molar-refractivity contribution in [1.82, 2.24) is 10.3 Å². The summed E-state index contributed by atoms with van der Waals surface area (Å²) in [6.07, 6.45) is 14.3. The predicted octanol–water partition coefficient (Wildman–Crippen LogP) is 9.11. The quantitative estimate of drug-likeness (QED) is 0.0753.